The summed E-state index contributed by atoms with van der Waals surface area (Å²) in [6.07, 6.45) is 3.83. The number of benzene rings is 2. The van der Waals surface area contributed by atoms with Gasteiger partial charge in [-0.1, -0.05) is 37.1 Å². The molecule has 10 nitrogen and oxygen atoms in total. The molecule has 1 heterocycles. The van der Waals surface area contributed by atoms with Crippen LogP contribution in [-0.4, -0.2) is 49.3 Å². The van der Waals surface area contributed by atoms with Crippen molar-refractivity contribution in [2.24, 2.45) is 5.73 Å². The highest BCUT2D eigenvalue weighted by Gasteiger charge is 2.38. The zero-order chi connectivity index (χ0) is 27.4. The molecule has 38 heavy (non-hydrogen) atoms. The first-order valence-electron chi connectivity index (χ1n) is 12.3. The lowest BCUT2D eigenvalue weighted by molar-refractivity contribution is -0.123. The molecule has 5 N–H and O–H groups in total. The number of nitrogens with one attached hydrogen (secondary N) is 1. The van der Waals surface area contributed by atoms with E-state index in [-0.39, 0.29) is 28.2 Å². The summed E-state index contributed by atoms with van der Waals surface area (Å²) in [5, 5.41) is 3.15. The number of nitrogens with two attached hydrogens (primary N) is 2. The van der Waals surface area contributed by atoms with Crippen LogP contribution in [0.25, 0.3) is 0 Å². The Morgan fingerprint density at radius 3 is 2.32 bits per heavy atom. The molecule has 1 aromatic heterocycles. The van der Waals surface area contributed by atoms with Crippen LogP contribution in [0.1, 0.15) is 57.4 Å². The van der Waals surface area contributed by atoms with E-state index in [1.807, 2.05) is 43.3 Å². The molecule has 1 saturated carbocycles. The number of anilines is 3. The lowest BCUT2D eigenvalue weighted by Crippen LogP contribution is -2.46. The van der Waals surface area contributed by atoms with Crippen LogP contribution in [0.5, 0.6) is 5.75 Å². The second-order valence-corrected chi connectivity index (χ2v) is 10.1. The molecule has 1 aliphatic rings. The number of carbonyl (C=O) groups is 3. The van der Waals surface area contributed by atoms with Gasteiger partial charge in [-0.05, 0) is 54.2 Å². The van der Waals surface area contributed by atoms with Crippen LogP contribution in [-0.2, 0) is 4.79 Å². The van der Waals surface area contributed by atoms with Gasteiger partial charge in [0.1, 0.15) is 16.7 Å². The largest absolute Gasteiger partial charge is 0.495 e. The van der Waals surface area contributed by atoms with Crippen molar-refractivity contribution in [3.63, 3.8) is 0 Å². The van der Waals surface area contributed by atoms with Gasteiger partial charge in [-0.25, -0.2) is 0 Å². The Morgan fingerprint density at radius 1 is 1.08 bits per heavy atom. The maximum Gasteiger partial charge on any atom is 0.273 e. The molecule has 0 saturated heterocycles. The normalized spacial score (nSPS) is 14.1. The summed E-state index contributed by atoms with van der Waals surface area (Å²) in [5.74, 6) is -1.37. The second kappa shape index (κ2) is 11.5. The van der Waals surface area contributed by atoms with Crippen molar-refractivity contribution in [2.45, 2.75) is 37.8 Å². The second-order valence-electron chi connectivity index (χ2n) is 9.36. The van der Waals surface area contributed by atoms with E-state index < -0.39 is 17.9 Å². The van der Waals surface area contributed by atoms with Crippen LogP contribution < -0.4 is 31.3 Å². The summed E-state index contributed by atoms with van der Waals surface area (Å²) in [4.78, 5) is 43.4. The van der Waals surface area contributed by atoms with Crippen LogP contribution in [0.3, 0.4) is 0 Å². The minimum atomic E-state index is -1.06. The number of para-hydroxylation sites is 2. The SMILES string of the molecule is COc1ccccc1N(C(=O)c1snc(C(N)=O)c1N)[C@@H](C(=O)NC1CCCC1)c1ccc(N(C)C)cc1. The molecule has 3 amide bonds. The van der Waals surface area contributed by atoms with Crippen LogP contribution in [0.15, 0.2) is 48.5 Å². The van der Waals surface area contributed by atoms with Gasteiger partial charge in [0.15, 0.2) is 5.69 Å². The van der Waals surface area contributed by atoms with E-state index in [1.54, 1.807) is 24.3 Å². The lowest BCUT2D eigenvalue weighted by Gasteiger charge is -2.33. The Balaban J connectivity index is 1.89. The van der Waals surface area contributed by atoms with E-state index in [4.69, 9.17) is 16.2 Å². The number of carbonyl (C=O) groups excluding carboxylic acids is 3. The summed E-state index contributed by atoms with van der Waals surface area (Å²) in [5.41, 5.74) is 13.2. The summed E-state index contributed by atoms with van der Waals surface area (Å²) in [7, 11) is 5.34. The lowest BCUT2D eigenvalue weighted by atomic mass is 10.0. The van der Waals surface area contributed by atoms with E-state index in [9.17, 15) is 14.4 Å². The number of methoxy groups -OCH3 is 1. The molecule has 200 valence electrons. The van der Waals surface area contributed by atoms with Crippen molar-refractivity contribution in [1.29, 1.82) is 0 Å². The van der Waals surface area contributed by atoms with Gasteiger partial charge in [0, 0.05) is 25.8 Å². The number of amides is 3. The first kappa shape index (κ1) is 26.9. The average Bonchev–Trinajstić information content (AvgIpc) is 3.56. The molecule has 2 aromatic carbocycles. The van der Waals surface area contributed by atoms with E-state index in [0.29, 0.717) is 17.0 Å². The first-order valence-corrected chi connectivity index (χ1v) is 13.1. The molecule has 3 aromatic rings. The van der Waals surface area contributed by atoms with Crippen LogP contribution >= 0.6 is 11.5 Å². The number of rotatable bonds is 9. The molecule has 0 aliphatic heterocycles. The Morgan fingerprint density at radius 2 is 1.74 bits per heavy atom. The minimum Gasteiger partial charge on any atom is -0.495 e. The summed E-state index contributed by atoms with van der Waals surface area (Å²) in [6.45, 7) is 0. The smallest absolute Gasteiger partial charge is 0.273 e. The Kier molecular flexibility index (Phi) is 8.16. The van der Waals surface area contributed by atoms with E-state index in [2.05, 4.69) is 9.69 Å². The monoisotopic (exact) mass is 536 g/mol. The first-order chi connectivity index (χ1) is 18.2. The van der Waals surface area contributed by atoms with Crippen LogP contribution in [0, 0.1) is 0 Å². The Hall–Kier alpha value is -4.12. The molecular formula is C27H32N6O4S. The van der Waals surface area contributed by atoms with E-state index >= 15 is 0 Å². The maximum absolute atomic E-state index is 14.2. The number of ether oxygens (including phenoxy) is 1. The predicted molar refractivity (Wildman–Crippen MR) is 149 cm³/mol. The van der Waals surface area contributed by atoms with Gasteiger partial charge in [-0.2, -0.15) is 4.37 Å². The third-order valence-corrected chi connectivity index (χ3v) is 7.50. The van der Waals surface area contributed by atoms with Crippen molar-refractivity contribution in [3.05, 3.63) is 64.7 Å². The van der Waals surface area contributed by atoms with Gasteiger partial charge in [-0.3, -0.25) is 19.3 Å². The predicted octanol–water partition coefficient (Wildman–Crippen LogP) is 3.35. The summed E-state index contributed by atoms with van der Waals surface area (Å²) >= 11 is 0.766. The van der Waals surface area contributed by atoms with Crippen molar-refractivity contribution in [3.8, 4) is 5.75 Å². The average molecular weight is 537 g/mol. The molecule has 0 spiro atoms. The topological polar surface area (TPSA) is 144 Å². The van der Waals surface area contributed by atoms with Crippen LogP contribution in [0.2, 0.25) is 0 Å². The van der Waals surface area contributed by atoms with Crippen molar-refractivity contribution in [1.82, 2.24) is 9.69 Å². The molecule has 0 bridgehead atoms. The Bertz CT molecular complexity index is 1320. The fourth-order valence-electron chi connectivity index (χ4n) is 4.66. The van der Waals surface area contributed by atoms with Crippen molar-refractivity contribution < 1.29 is 19.1 Å². The number of primary amides is 1. The van der Waals surface area contributed by atoms with Gasteiger partial charge in [-0.15, -0.1) is 0 Å². The minimum absolute atomic E-state index is 0.00767. The Labute approximate surface area is 225 Å². The molecule has 1 fully saturated rings. The van der Waals surface area contributed by atoms with Crippen molar-refractivity contribution >= 4 is 46.3 Å². The standard InChI is InChI=1S/C27H32N6O4S/c1-32(2)18-14-12-16(13-15-18)23(26(35)30-17-8-4-5-9-17)33(19-10-6-7-11-20(19)37-3)27(36)24-21(28)22(25(29)34)31-38-24/h6-7,10-15,17,23H,4-5,8-9,28H2,1-3H3,(H2,29,34)(H,30,35)/t23-/m1/s1. The summed E-state index contributed by atoms with van der Waals surface area (Å²) < 4.78 is 9.59. The highest BCUT2D eigenvalue weighted by Crippen LogP contribution is 2.38. The van der Waals surface area contributed by atoms with Crippen molar-refractivity contribution in [2.75, 3.05) is 36.7 Å². The third kappa shape index (κ3) is 5.42. The van der Waals surface area contributed by atoms with Crippen LogP contribution in [0.4, 0.5) is 17.1 Å². The summed E-state index contributed by atoms with van der Waals surface area (Å²) in [6, 6.07) is 13.3. The number of nitrogens with zero attached hydrogens (tertiary/aromatic N) is 3. The molecule has 4 rings (SSSR count). The molecular weight excluding hydrogens is 504 g/mol. The fourth-order valence-corrected chi connectivity index (χ4v) is 5.40. The molecule has 0 unspecified atom stereocenters. The van der Waals surface area contributed by atoms with Gasteiger partial charge in [0.25, 0.3) is 11.8 Å². The maximum atomic E-state index is 14.2. The number of aromatic nitrogens is 1. The molecule has 11 heteroatoms. The molecule has 1 aliphatic carbocycles. The van der Waals surface area contributed by atoms with Gasteiger partial charge in [0.05, 0.1) is 18.5 Å². The van der Waals surface area contributed by atoms with Gasteiger partial charge in [0.2, 0.25) is 5.91 Å². The third-order valence-electron chi connectivity index (χ3n) is 6.65. The quantitative estimate of drug-likeness (QED) is 0.380. The van der Waals surface area contributed by atoms with E-state index in [1.165, 1.54) is 12.0 Å². The van der Waals surface area contributed by atoms with Gasteiger partial charge < -0.3 is 26.4 Å². The fraction of sp³-hybridized carbons (Fsp3) is 0.333. The van der Waals surface area contributed by atoms with E-state index in [0.717, 1.165) is 42.9 Å². The zero-order valence-corrected chi connectivity index (χ0v) is 22.5. The number of nitrogen functional groups attached to an aromatic ring is 1. The molecule has 0 radical (unpaired) electrons. The van der Waals surface area contributed by atoms with Gasteiger partial charge >= 0.3 is 0 Å². The highest BCUT2D eigenvalue weighted by molar-refractivity contribution is 7.09. The zero-order valence-electron chi connectivity index (χ0n) is 21.6. The number of hydrogen-bond acceptors (Lipinski definition) is 8. The number of hydrogen-bond donors (Lipinski definition) is 3. The molecule has 1 atom stereocenters. The highest BCUT2D eigenvalue weighted by atomic mass is 32.1.